The second kappa shape index (κ2) is 5.93. The van der Waals surface area contributed by atoms with Crippen molar-refractivity contribution in [2.45, 2.75) is 6.92 Å². The molecule has 0 atom stereocenters. The van der Waals surface area contributed by atoms with Gasteiger partial charge in [0.05, 0.1) is 10.6 Å². The van der Waals surface area contributed by atoms with Crippen LogP contribution >= 0.6 is 46.9 Å². The number of nitrogens with zero attached hydrogens (tertiary/aromatic N) is 1. The maximum atomic E-state index is 12.6. The lowest BCUT2D eigenvalue weighted by Crippen LogP contribution is -2.27. The van der Waals surface area contributed by atoms with E-state index < -0.39 is 0 Å². The zero-order valence-electron chi connectivity index (χ0n) is 11.0. The molecule has 0 aliphatic carbocycles. The number of amides is 1. The normalized spacial score (nSPS) is 17.0. The Bertz CT molecular complexity index is 766. The van der Waals surface area contributed by atoms with Crippen LogP contribution in [-0.4, -0.2) is 10.2 Å². The fourth-order valence-electron chi connectivity index (χ4n) is 1.96. The molecule has 0 unspecified atom stereocenters. The largest absolute Gasteiger partial charge is 0.270 e. The van der Waals surface area contributed by atoms with Crippen molar-refractivity contribution in [3.8, 4) is 0 Å². The summed E-state index contributed by atoms with van der Waals surface area (Å²) in [6, 6.07) is 9.19. The first kappa shape index (κ1) is 14.8. The van der Waals surface area contributed by atoms with E-state index in [4.69, 9.17) is 23.8 Å². The number of hydrogen-bond acceptors (Lipinski definition) is 4. The molecule has 1 fully saturated rings. The molecule has 3 rings (SSSR count). The summed E-state index contributed by atoms with van der Waals surface area (Å²) < 4.78 is 0.530. The molecule has 1 aliphatic heterocycles. The molecular formula is C15H10ClNOS3. The van der Waals surface area contributed by atoms with Crippen molar-refractivity contribution in [3.63, 3.8) is 0 Å². The quantitative estimate of drug-likeness (QED) is 0.553. The summed E-state index contributed by atoms with van der Waals surface area (Å²) in [6.07, 6.45) is 1.91. The summed E-state index contributed by atoms with van der Waals surface area (Å²) in [4.78, 5) is 15.8. The van der Waals surface area contributed by atoms with Gasteiger partial charge in [-0.1, -0.05) is 41.6 Å². The predicted molar refractivity (Wildman–Crippen MR) is 96.2 cm³/mol. The van der Waals surface area contributed by atoms with Crippen LogP contribution in [-0.2, 0) is 4.79 Å². The molecule has 106 valence electrons. The molecule has 0 saturated carbocycles. The van der Waals surface area contributed by atoms with Crippen molar-refractivity contribution in [1.82, 2.24) is 0 Å². The monoisotopic (exact) mass is 351 g/mol. The van der Waals surface area contributed by atoms with Gasteiger partial charge < -0.3 is 0 Å². The smallest absolute Gasteiger partial charge is 0.268 e. The maximum Gasteiger partial charge on any atom is 0.270 e. The van der Waals surface area contributed by atoms with E-state index >= 15 is 0 Å². The van der Waals surface area contributed by atoms with Crippen LogP contribution < -0.4 is 4.90 Å². The average Bonchev–Trinajstić information content (AvgIpc) is 2.95. The van der Waals surface area contributed by atoms with Crippen LogP contribution in [0.3, 0.4) is 0 Å². The van der Waals surface area contributed by atoms with Gasteiger partial charge in [-0.15, -0.1) is 11.3 Å². The van der Waals surface area contributed by atoms with Crippen molar-refractivity contribution in [2.24, 2.45) is 0 Å². The highest BCUT2D eigenvalue weighted by atomic mass is 35.5. The van der Waals surface area contributed by atoms with Crippen molar-refractivity contribution in [1.29, 1.82) is 0 Å². The Labute approximate surface area is 141 Å². The molecule has 1 amide bonds. The maximum absolute atomic E-state index is 12.6. The first-order chi connectivity index (χ1) is 10.1. The van der Waals surface area contributed by atoms with Gasteiger partial charge in [-0.05, 0) is 48.2 Å². The average molecular weight is 352 g/mol. The van der Waals surface area contributed by atoms with Gasteiger partial charge in [0, 0.05) is 9.90 Å². The summed E-state index contributed by atoms with van der Waals surface area (Å²) in [6.45, 7) is 2.03. The summed E-state index contributed by atoms with van der Waals surface area (Å²) >= 11 is 14.3. The lowest BCUT2D eigenvalue weighted by molar-refractivity contribution is -0.113. The lowest BCUT2D eigenvalue weighted by Gasteiger charge is -2.14. The number of aryl methyl sites for hydroxylation is 1. The molecule has 2 nitrogen and oxygen atoms in total. The summed E-state index contributed by atoms with van der Waals surface area (Å²) in [5.41, 5.74) is 1.87. The highest BCUT2D eigenvalue weighted by molar-refractivity contribution is 8.27. The molecule has 6 heteroatoms. The summed E-state index contributed by atoms with van der Waals surface area (Å²) in [5.74, 6) is -0.0972. The number of thioether (sulfide) groups is 1. The van der Waals surface area contributed by atoms with Crippen LogP contribution in [0, 0.1) is 6.92 Å². The number of anilines is 1. The second-order valence-corrected chi connectivity index (χ2v) is 7.52. The number of benzene rings is 1. The standard InChI is InChI=1S/C15H10ClNOS3/c1-9-5-6-20-12(9)8-13-14(18)17(15(19)21-13)11-4-2-3-10(16)7-11/h2-8H,1H3/b13-8+. The molecule has 1 aromatic carbocycles. The topological polar surface area (TPSA) is 20.3 Å². The van der Waals surface area contributed by atoms with Gasteiger partial charge >= 0.3 is 0 Å². The molecule has 0 bridgehead atoms. The second-order valence-electron chi connectivity index (χ2n) is 4.46. The number of hydrogen-bond donors (Lipinski definition) is 0. The van der Waals surface area contributed by atoms with Crippen molar-refractivity contribution >= 4 is 68.9 Å². The van der Waals surface area contributed by atoms with E-state index in [2.05, 4.69) is 0 Å². The van der Waals surface area contributed by atoms with E-state index in [-0.39, 0.29) is 5.91 Å². The molecule has 1 saturated heterocycles. The Morgan fingerprint density at radius 3 is 2.81 bits per heavy atom. The first-order valence-corrected chi connectivity index (χ1v) is 8.62. The van der Waals surface area contributed by atoms with E-state index in [0.29, 0.717) is 19.9 Å². The van der Waals surface area contributed by atoms with Crippen LogP contribution in [0.4, 0.5) is 5.69 Å². The van der Waals surface area contributed by atoms with E-state index in [0.717, 1.165) is 10.4 Å². The van der Waals surface area contributed by atoms with E-state index in [9.17, 15) is 4.79 Å². The van der Waals surface area contributed by atoms with E-state index in [1.165, 1.54) is 16.7 Å². The zero-order valence-corrected chi connectivity index (χ0v) is 14.2. The van der Waals surface area contributed by atoms with E-state index in [1.807, 2.05) is 36.6 Å². The van der Waals surface area contributed by atoms with Crippen LogP contribution in [0.2, 0.25) is 5.02 Å². The third kappa shape index (κ3) is 2.92. The number of halogens is 1. The molecule has 2 heterocycles. The van der Waals surface area contributed by atoms with Gasteiger partial charge in [0.15, 0.2) is 4.32 Å². The molecule has 0 spiro atoms. The third-order valence-electron chi connectivity index (χ3n) is 3.02. The Kier molecular flexibility index (Phi) is 4.17. The molecule has 0 radical (unpaired) electrons. The van der Waals surface area contributed by atoms with Gasteiger partial charge in [-0.2, -0.15) is 0 Å². The van der Waals surface area contributed by atoms with Gasteiger partial charge in [0.1, 0.15) is 0 Å². The summed E-state index contributed by atoms with van der Waals surface area (Å²) in [5, 5.41) is 2.60. The molecule has 0 N–H and O–H groups in total. The highest BCUT2D eigenvalue weighted by Crippen LogP contribution is 2.37. The van der Waals surface area contributed by atoms with Gasteiger partial charge in [0.25, 0.3) is 5.91 Å². The van der Waals surface area contributed by atoms with Crippen molar-refractivity contribution in [3.05, 3.63) is 56.1 Å². The Hall–Kier alpha value is -1.14. The number of thiocarbonyl (C=S) groups is 1. The molecule has 21 heavy (non-hydrogen) atoms. The molecule has 1 aromatic heterocycles. The Morgan fingerprint density at radius 2 is 2.14 bits per heavy atom. The number of rotatable bonds is 2. The number of carbonyl (C=O) groups excluding carboxylic acids is 1. The fraction of sp³-hybridized carbons (Fsp3) is 0.0667. The van der Waals surface area contributed by atoms with Crippen LogP contribution in [0.1, 0.15) is 10.4 Å². The third-order valence-corrected chi connectivity index (χ3v) is 5.53. The van der Waals surface area contributed by atoms with Crippen LogP contribution in [0.15, 0.2) is 40.6 Å². The van der Waals surface area contributed by atoms with Gasteiger partial charge in [-0.3, -0.25) is 9.69 Å². The predicted octanol–water partition coefficient (Wildman–Crippen LogP) is 5.12. The molecule has 1 aliphatic rings. The lowest BCUT2D eigenvalue weighted by atomic mass is 10.2. The Morgan fingerprint density at radius 1 is 1.33 bits per heavy atom. The number of carbonyl (C=O) groups is 1. The molecule has 2 aromatic rings. The van der Waals surface area contributed by atoms with E-state index in [1.54, 1.807) is 23.5 Å². The van der Waals surface area contributed by atoms with Crippen LogP contribution in [0.5, 0.6) is 0 Å². The molecular weight excluding hydrogens is 342 g/mol. The number of thiophene rings is 1. The van der Waals surface area contributed by atoms with Gasteiger partial charge in [0.2, 0.25) is 0 Å². The van der Waals surface area contributed by atoms with Gasteiger partial charge in [-0.25, -0.2) is 0 Å². The minimum atomic E-state index is -0.0972. The fourth-order valence-corrected chi connectivity index (χ4v) is 4.36. The summed E-state index contributed by atoms with van der Waals surface area (Å²) in [7, 11) is 0. The minimum absolute atomic E-state index is 0.0972. The minimum Gasteiger partial charge on any atom is -0.268 e. The van der Waals surface area contributed by atoms with Crippen LogP contribution in [0.25, 0.3) is 6.08 Å². The zero-order chi connectivity index (χ0) is 15.0. The highest BCUT2D eigenvalue weighted by Gasteiger charge is 2.33. The van der Waals surface area contributed by atoms with Crippen molar-refractivity contribution < 1.29 is 4.79 Å². The van der Waals surface area contributed by atoms with Crippen molar-refractivity contribution in [2.75, 3.05) is 4.90 Å². The SMILES string of the molecule is Cc1ccsc1/C=C1/SC(=S)N(c2cccc(Cl)c2)C1=O. The Balaban J connectivity index is 1.96. The first-order valence-electron chi connectivity index (χ1n) is 6.14.